The highest BCUT2D eigenvalue weighted by Crippen LogP contribution is 2.29. The zero-order valence-electron chi connectivity index (χ0n) is 10.2. The highest BCUT2D eigenvalue weighted by Gasteiger charge is 2.22. The predicted octanol–water partition coefficient (Wildman–Crippen LogP) is 2.98. The fraction of sp³-hybridized carbons (Fsp3) is 0.571. The highest BCUT2D eigenvalue weighted by molar-refractivity contribution is 5.30. The lowest BCUT2D eigenvalue weighted by Gasteiger charge is -2.35. The molecule has 1 saturated heterocycles. The molecule has 1 aromatic rings. The van der Waals surface area contributed by atoms with E-state index in [1.807, 2.05) is 12.1 Å². The second-order valence-corrected chi connectivity index (χ2v) is 5.02. The normalized spacial score (nSPS) is 22.6. The summed E-state index contributed by atoms with van der Waals surface area (Å²) in [5, 5.41) is 9.51. The Hall–Kier alpha value is -1.02. The Morgan fingerprint density at radius 1 is 1.38 bits per heavy atom. The van der Waals surface area contributed by atoms with Gasteiger partial charge in [-0.3, -0.25) is 0 Å². The number of piperidine rings is 1. The first-order valence-electron chi connectivity index (χ1n) is 6.20. The molecule has 0 saturated carbocycles. The van der Waals surface area contributed by atoms with Crippen LogP contribution in [0.3, 0.4) is 0 Å². The lowest BCUT2D eigenvalue weighted by atomic mass is 9.90. The monoisotopic (exact) mass is 219 g/mol. The first-order chi connectivity index (χ1) is 7.66. The fourth-order valence-electron chi connectivity index (χ4n) is 2.53. The van der Waals surface area contributed by atoms with Crippen molar-refractivity contribution in [2.45, 2.75) is 38.6 Å². The number of phenols is 1. The van der Waals surface area contributed by atoms with Gasteiger partial charge in [-0.05, 0) is 56.8 Å². The molecular formula is C14H21NO. The Morgan fingerprint density at radius 3 is 2.88 bits per heavy atom. The van der Waals surface area contributed by atoms with Crippen LogP contribution in [0.5, 0.6) is 5.75 Å². The number of phenolic OH excluding ortho intramolecular Hbond substituents is 1. The maximum atomic E-state index is 9.51. The van der Waals surface area contributed by atoms with E-state index in [1.165, 1.54) is 24.9 Å². The molecule has 1 aliphatic heterocycles. The van der Waals surface area contributed by atoms with Gasteiger partial charge < -0.3 is 10.0 Å². The molecule has 88 valence electrons. The summed E-state index contributed by atoms with van der Waals surface area (Å²) in [5.74, 6) is 0.974. The molecule has 1 heterocycles. The molecule has 1 N–H and O–H groups in total. The van der Waals surface area contributed by atoms with Gasteiger partial charge in [0.25, 0.3) is 0 Å². The summed E-state index contributed by atoms with van der Waals surface area (Å²) in [4.78, 5) is 2.53. The molecule has 16 heavy (non-hydrogen) atoms. The van der Waals surface area contributed by atoms with E-state index in [2.05, 4.69) is 24.8 Å². The Balaban J connectivity index is 2.09. The van der Waals surface area contributed by atoms with Crippen molar-refractivity contribution in [3.63, 3.8) is 0 Å². The van der Waals surface area contributed by atoms with E-state index in [0.29, 0.717) is 17.7 Å². The number of likely N-dealkylation sites (tertiary alicyclic amines) is 1. The van der Waals surface area contributed by atoms with Gasteiger partial charge in [0, 0.05) is 12.6 Å². The van der Waals surface area contributed by atoms with E-state index in [0.717, 1.165) is 6.54 Å². The van der Waals surface area contributed by atoms with E-state index in [1.54, 1.807) is 6.07 Å². The molecule has 0 aromatic heterocycles. The molecule has 0 bridgehead atoms. The Kier molecular flexibility index (Phi) is 3.49. The summed E-state index contributed by atoms with van der Waals surface area (Å²) in [6.07, 6.45) is 2.51. The molecule has 2 rings (SSSR count). The minimum atomic E-state index is 0.388. The molecule has 1 fully saturated rings. The SMILES string of the molecule is CC(C)N1CCC[C@@H](c2cccc(O)c2)C1. The van der Waals surface area contributed by atoms with Crippen LogP contribution < -0.4 is 0 Å². The van der Waals surface area contributed by atoms with Crippen molar-refractivity contribution in [3.05, 3.63) is 29.8 Å². The van der Waals surface area contributed by atoms with Gasteiger partial charge in [-0.1, -0.05) is 12.1 Å². The zero-order chi connectivity index (χ0) is 11.5. The van der Waals surface area contributed by atoms with Crippen molar-refractivity contribution in [1.29, 1.82) is 0 Å². The lowest BCUT2D eigenvalue weighted by molar-refractivity contribution is 0.167. The molecular weight excluding hydrogens is 198 g/mol. The Morgan fingerprint density at radius 2 is 2.19 bits per heavy atom. The minimum absolute atomic E-state index is 0.388. The Bertz CT molecular complexity index is 348. The summed E-state index contributed by atoms with van der Waals surface area (Å²) >= 11 is 0. The van der Waals surface area contributed by atoms with E-state index in [9.17, 15) is 5.11 Å². The summed E-state index contributed by atoms with van der Waals surface area (Å²) in [6.45, 7) is 6.85. The van der Waals surface area contributed by atoms with Crippen LogP contribution in [-0.4, -0.2) is 29.1 Å². The smallest absolute Gasteiger partial charge is 0.115 e. The zero-order valence-corrected chi connectivity index (χ0v) is 10.2. The molecule has 0 radical (unpaired) electrons. The summed E-state index contributed by atoms with van der Waals surface area (Å²) in [6, 6.07) is 8.36. The lowest BCUT2D eigenvalue weighted by Crippen LogP contribution is -2.39. The first-order valence-corrected chi connectivity index (χ1v) is 6.20. The van der Waals surface area contributed by atoms with Crippen molar-refractivity contribution in [2.24, 2.45) is 0 Å². The number of rotatable bonds is 2. The topological polar surface area (TPSA) is 23.5 Å². The van der Waals surface area contributed by atoms with E-state index < -0.39 is 0 Å². The van der Waals surface area contributed by atoms with Gasteiger partial charge in [0.2, 0.25) is 0 Å². The van der Waals surface area contributed by atoms with Gasteiger partial charge in [-0.15, -0.1) is 0 Å². The van der Waals surface area contributed by atoms with E-state index in [-0.39, 0.29) is 0 Å². The number of benzene rings is 1. The third-order valence-corrected chi connectivity index (χ3v) is 3.52. The minimum Gasteiger partial charge on any atom is -0.508 e. The summed E-state index contributed by atoms with van der Waals surface area (Å²) in [7, 11) is 0. The first kappa shape index (κ1) is 11.5. The van der Waals surface area contributed by atoms with Gasteiger partial charge >= 0.3 is 0 Å². The average Bonchev–Trinajstić information content (AvgIpc) is 2.29. The molecule has 0 unspecified atom stereocenters. The van der Waals surface area contributed by atoms with Gasteiger partial charge in [-0.25, -0.2) is 0 Å². The molecule has 1 aromatic carbocycles. The van der Waals surface area contributed by atoms with Crippen LogP contribution in [0.25, 0.3) is 0 Å². The highest BCUT2D eigenvalue weighted by atomic mass is 16.3. The fourth-order valence-corrected chi connectivity index (χ4v) is 2.53. The predicted molar refractivity (Wildman–Crippen MR) is 66.8 cm³/mol. The van der Waals surface area contributed by atoms with Crippen molar-refractivity contribution >= 4 is 0 Å². The molecule has 1 aliphatic rings. The largest absolute Gasteiger partial charge is 0.508 e. The number of nitrogens with zero attached hydrogens (tertiary/aromatic N) is 1. The number of aromatic hydroxyl groups is 1. The van der Waals surface area contributed by atoms with Crippen LogP contribution in [0.1, 0.15) is 38.2 Å². The summed E-state index contributed by atoms with van der Waals surface area (Å²) in [5.41, 5.74) is 1.28. The molecule has 0 aliphatic carbocycles. The van der Waals surface area contributed by atoms with Gasteiger partial charge in [-0.2, -0.15) is 0 Å². The van der Waals surface area contributed by atoms with Crippen LogP contribution in [0, 0.1) is 0 Å². The van der Waals surface area contributed by atoms with E-state index in [4.69, 9.17) is 0 Å². The van der Waals surface area contributed by atoms with Crippen molar-refractivity contribution in [3.8, 4) is 5.75 Å². The standard InChI is InChI=1S/C14H21NO/c1-11(2)15-8-4-6-13(10-15)12-5-3-7-14(16)9-12/h3,5,7,9,11,13,16H,4,6,8,10H2,1-2H3/t13-/m1/s1. The van der Waals surface area contributed by atoms with Crippen LogP contribution in [-0.2, 0) is 0 Å². The molecule has 2 heteroatoms. The average molecular weight is 219 g/mol. The quantitative estimate of drug-likeness (QED) is 0.826. The summed E-state index contributed by atoms with van der Waals surface area (Å²) < 4.78 is 0. The number of hydrogen-bond acceptors (Lipinski definition) is 2. The molecule has 2 nitrogen and oxygen atoms in total. The number of hydrogen-bond donors (Lipinski definition) is 1. The van der Waals surface area contributed by atoms with Crippen LogP contribution in [0.4, 0.5) is 0 Å². The molecule has 0 spiro atoms. The third kappa shape index (κ3) is 2.56. The Labute approximate surface area is 97.9 Å². The maximum absolute atomic E-state index is 9.51. The molecule has 1 atom stereocenters. The maximum Gasteiger partial charge on any atom is 0.115 e. The second-order valence-electron chi connectivity index (χ2n) is 5.02. The van der Waals surface area contributed by atoms with Gasteiger partial charge in [0.05, 0.1) is 0 Å². The van der Waals surface area contributed by atoms with Crippen molar-refractivity contribution in [1.82, 2.24) is 4.90 Å². The van der Waals surface area contributed by atoms with Crippen LogP contribution in [0.2, 0.25) is 0 Å². The van der Waals surface area contributed by atoms with Gasteiger partial charge in [0.15, 0.2) is 0 Å². The van der Waals surface area contributed by atoms with Crippen molar-refractivity contribution in [2.75, 3.05) is 13.1 Å². The van der Waals surface area contributed by atoms with Crippen LogP contribution >= 0.6 is 0 Å². The van der Waals surface area contributed by atoms with E-state index >= 15 is 0 Å². The van der Waals surface area contributed by atoms with Gasteiger partial charge in [0.1, 0.15) is 5.75 Å². The second kappa shape index (κ2) is 4.88. The van der Waals surface area contributed by atoms with Crippen LogP contribution in [0.15, 0.2) is 24.3 Å². The third-order valence-electron chi connectivity index (χ3n) is 3.52. The van der Waals surface area contributed by atoms with Crippen molar-refractivity contribution < 1.29 is 5.11 Å². The molecule has 0 amide bonds.